The maximum absolute atomic E-state index is 11.7. The van der Waals surface area contributed by atoms with Crippen molar-refractivity contribution in [2.45, 2.75) is 59.3 Å². The third kappa shape index (κ3) is 14.8. The van der Waals surface area contributed by atoms with Crippen LogP contribution in [0.5, 0.6) is 0 Å². The van der Waals surface area contributed by atoms with E-state index < -0.39 is 0 Å². The number of nitrogens with zero attached hydrogens (tertiary/aromatic N) is 1. The van der Waals surface area contributed by atoms with Gasteiger partial charge in [0.05, 0.1) is 6.42 Å². The maximum Gasteiger partial charge on any atom is 0.307 e. The minimum Gasteiger partial charge on any atom is -0.465 e. The van der Waals surface area contributed by atoms with Crippen LogP contribution in [0.4, 0.5) is 0 Å². The average molecular weight is 336 g/mol. The standard InChI is InChI=1S/C16H33NO2S2/c1-4-7-11-17(10-6-3)12-9-16(18)19-13-15-21-20-14-8-5-2/h4-15H2,1-3H3. The highest BCUT2D eigenvalue weighted by Gasteiger charge is 2.08. The van der Waals surface area contributed by atoms with E-state index in [9.17, 15) is 4.79 Å². The first-order valence-electron chi connectivity index (χ1n) is 8.36. The summed E-state index contributed by atoms with van der Waals surface area (Å²) in [7, 11) is 3.69. The predicted molar refractivity (Wildman–Crippen MR) is 97.0 cm³/mol. The van der Waals surface area contributed by atoms with E-state index in [0.717, 1.165) is 31.8 Å². The van der Waals surface area contributed by atoms with Gasteiger partial charge in [0.1, 0.15) is 6.61 Å². The van der Waals surface area contributed by atoms with E-state index >= 15 is 0 Å². The largest absolute Gasteiger partial charge is 0.465 e. The molecule has 0 spiro atoms. The molecule has 5 heteroatoms. The zero-order valence-corrected chi connectivity index (χ0v) is 15.7. The first kappa shape index (κ1) is 21.1. The van der Waals surface area contributed by atoms with Gasteiger partial charge in [0.15, 0.2) is 0 Å². The summed E-state index contributed by atoms with van der Waals surface area (Å²) in [5.74, 6) is 2.04. The van der Waals surface area contributed by atoms with Crippen molar-refractivity contribution < 1.29 is 9.53 Å². The lowest BCUT2D eigenvalue weighted by molar-refractivity contribution is -0.143. The molecule has 0 aliphatic rings. The van der Waals surface area contributed by atoms with E-state index in [-0.39, 0.29) is 5.97 Å². The molecule has 21 heavy (non-hydrogen) atoms. The van der Waals surface area contributed by atoms with Gasteiger partial charge in [0, 0.05) is 18.1 Å². The Morgan fingerprint density at radius 2 is 1.62 bits per heavy atom. The van der Waals surface area contributed by atoms with Gasteiger partial charge in [-0.25, -0.2) is 0 Å². The molecular weight excluding hydrogens is 302 g/mol. The minimum atomic E-state index is -0.0493. The third-order valence-electron chi connectivity index (χ3n) is 3.09. The Bertz CT molecular complexity index is 240. The van der Waals surface area contributed by atoms with Crippen molar-refractivity contribution in [3.8, 4) is 0 Å². The molecule has 0 aromatic heterocycles. The lowest BCUT2D eigenvalue weighted by atomic mass is 10.3. The van der Waals surface area contributed by atoms with E-state index in [2.05, 4.69) is 25.7 Å². The summed E-state index contributed by atoms with van der Waals surface area (Å²) in [5, 5.41) is 0. The van der Waals surface area contributed by atoms with E-state index in [1.54, 1.807) is 0 Å². The van der Waals surface area contributed by atoms with Gasteiger partial charge in [-0.2, -0.15) is 0 Å². The second-order valence-corrected chi connectivity index (χ2v) is 7.87. The molecule has 0 saturated carbocycles. The van der Waals surface area contributed by atoms with Gasteiger partial charge in [0.2, 0.25) is 0 Å². The van der Waals surface area contributed by atoms with Crippen molar-refractivity contribution in [3.05, 3.63) is 0 Å². The Morgan fingerprint density at radius 3 is 2.29 bits per heavy atom. The number of hydrogen-bond donors (Lipinski definition) is 0. The van der Waals surface area contributed by atoms with Crippen molar-refractivity contribution in [1.82, 2.24) is 4.90 Å². The first-order chi connectivity index (χ1) is 10.2. The Labute approximate surface area is 139 Å². The number of ether oxygens (including phenoxy) is 1. The van der Waals surface area contributed by atoms with Crippen LogP contribution in [0.15, 0.2) is 0 Å². The Morgan fingerprint density at radius 1 is 0.905 bits per heavy atom. The van der Waals surface area contributed by atoms with Gasteiger partial charge in [-0.3, -0.25) is 4.79 Å². The van der Waals surface area contributed by atoms with Crippen LogP contribution in [0, 0.1) is 0 Å². The van der Waals surface area contributed by atoms with Crippen molar-refractivity contribution in [2.24, 2.45) is 0 Å². The Balaban J connectivity index is 3.54. The molecule has 0 heterocycles. The van der Waals surface area contributed by atoms with Crippen LogP contribution in [-0.4, -0.2) is 48.6 Å². The van der Waals surface area contributed by atoms with Crippen molar-refractivity contribution in [3.63, 3.8) is 0 Å². The second kappa shape index (κ2) is 16.5. The van der Waals surface area contributed by atoms with E-state index in [0.29, 0.717) is 13.0 Å². The smallest absolute Gasteiger partial charge is 0.307 e. The molecule has 0 atom stereocenters. The van der Waals surface area contributed by atoms with Gasteiger partial charge in [0.25, 0.3) is 0 Å². The Hall–Kier alpha value is 0.130. The van der Waals surface area contributed by atoms with E-state index in [1.807, 2.05) is 21.6 Å². The fraction of sp³-hybridized carbons (Fsp3) is 0.938. The summed E-state index contributed by atoms with van der Waals surface area (Å²) in [4.78, 5) is 14.1. The summed E-state index contributed by atoms with van der Waals surface area (Å²) in [6.45, 7) is 10.2. The highest BCUT2D eigenvalue weighted by Crippen LogP contribution is 2.21. The molecule has 0 unspecified atom stereocenters. The van der Waals surface area contributed by atoms with Gasteiger partial charge in [-0.1, -0.05) is 55.2 Å². The van der Waals surface area contributed by atoms with Crippen LogP contribution in [0.25, 0.3) is 0 Å². The normalized spacial score (nSPS) is 11.0. The summed E-state index contributed by atoms with van der Waals surface area (Å²) < 4.78 is 5.28. The van der Waals surface area contributed by atoms with Crippen LogP contribution < -0.4 is 0 Å². The van der Waals surface area contributed by atoms with Crippen molar-refractivity contribution >= 4 is 27.6 Å². The number of esters is 1. The zero-order valence-electron chi connectivity index (χ0n) is 14.1. The number of unbranched alkanes of at least 4 members (excludes halogenated alkanes) is 2. The molecule has 0 aromatic rings. The summed E-state index contributed by atoms with van der Waals surface area (Å²) >= 11 is 0. The molecule has 126 valence electrons. The molecular formula is C16H33NO2S2. The molecule has 0 N–H and O–H groups in total. The number of carbonyl (C=O) groups is 1. The van der Waals surface area contributed by atoms with Crippen LogP contribution >= 0.6 is 21.6 Å². The maximum atomic E-state index is 11.7. The highest BCUT2D eigenvalue weighted by atomic mass is 33.1. The van der Waals surface area contributed by atoms with E-state index in [1.165, 1.54) is 31.4 Å². The van der Waals surface area contributed by atoms with Gasteiger partial charge in [-0.15, -0.1) is 0 Å². The molecule has 3 nitrogen and oxygen atoms in total. The second-order valence-electron chi connectivity index (χ2n) is 5.16. The van der Waals surface area contributed by atoms with Crippen molar-refractivity contribution in [1.29, 1.82) is 0 Å². The summed E-state index contributed by atoms with van der Waals surface area (Å²) in [6.07, 6.45) is 6.59. The molecule has 0 aromatic carbocycles. The minimum absolute atomic E-state index is 0.0493. The molecule has 0 saturated heterocycles. The lowest BCUT2D eigenvalue weighted by Gasteiger charge is -2.20. The van der Waals surface area contributed by atoms with Crippen LogP contribution in [0.3, 0.4) is 0 Å². The number of carbonyl (C=O) groups excluding carboxylic acids is 1. The summed E-state index contributed by atoms with van der Waals surface area (Å²) in [6, 6.07) is 0. The fourth-order valence-corrected chi connectivity index (χ4v) is 3.92. The molecule has 0 rings (SSSR count). The zero-order chi connectivity index (χ0) is 15.8. The quantitative estimate of drug-likeness (QED) is 0.248. The van der Waals surface area contributed by atoms with Crippen LogP contribution in [0.1, 0.15) is 59.3 Å². The SMILES string of the molecule is CCCCSSCCOC(=O)CCN(CCC)CCCC. The lowest BCUT2D eigenvalue weighted by Crippen LogP contribution is -2.28. The number of rotatable bonds is 15. The monoisotopic (exact) mass is 335 g/mol. The predicted octanol–water partition coefficient (Wildman–Crippen LogP) is 4.61. The molecule has 0 bridgehead atoms. The summed E-state index contributed by atoms with van der Waals surface area (Å²) in [5.41, 5.74) is 0. The van der Waals surface area contributed by atoms with Crippen LogP contribution in [0.2, 0.25) is 0 Å². The highest BCUT2D eigenvalue weighted by molar-refractivity contribution is 8.76. The van der Waals surface area contributed by atoms with E-state index in [4.69, 9.17) is 4.74 Å². The fourth-order valence-electron chi connectivity index (χ4n) is 1.87. The number of hydrogen-bond acceptors (Lipinski definition) is 5. The Kier molecular flexibility index (Phi) is 16.6. The van der Waals surface area contributed by atoms with Crippen LogP contribution in [-0.2, 0) is 9.53 Å². The molecule has 0 radical (unpaired) electrons. The topological polar surface area (TPSA) is 29.5 Å². The van der Waals surface area contributed by atoms with Gasteiger partial charge >= 0.3 is 5.97 Å². The third-order valence-corrected chi connectivity index (χ3v) is 5.55. The molecule has 0 aliphatic heterocycles. The van der Waals surface area contributed by atoms with Gasteiger partial charge in [-0.05, 0) is 32.4 Å². The average Bonchev–Trinajstić information content (AvgIpc) is 2.49. The van der Waals surface area contributed by atoms with Crippen molar-refractivity contribution in [2.75, 3.05) is 37.7 Å². The molecule has 0 fully saturated rings. The molecule has 0 amide bonds. The first-order valence-corrected chi connectivity index (χ1v) is 10.9. The molecule has 0 aliphatic carbocycles. The van der Waals surface area contributed by atoms with Gasteiger partial charge < -0.3 is 9.64 Å².